The molecule has 0 heterocycles. The Hall–Kier alpha value is -1.32. The Balaban J connectivity index is 2.17. The maximum atomic E-state index is 12.1. The number of hydrogen-bond acceptors (Lipinski definition) is 3. The lowest BCUT2D eigenvalue weighted by atomic mass is 9.73. The van der Waals surface area contributed by atoms with Gasteiger partial charge in [-0.05, 0) is 42.5 Å². The van der Waals surface area contributed by atoms with Crippen LogP contribution in [0.25, 0.3) is 0 Å². The summed E-state index contributed by atoms with van der Waals surface area (Å²) < 4.78 is 0. The van der Waals surface area contributed by atoms with Crippen LogP contribution in [0.1, 0.15) is 32.3 Å². The van der Waals surface area contributed by atoms with Crippen LogP contribution in [0.2, 0.25) is 5.02 Å². The van der Waals surface area contributed by atoms with Gasteiger partial charge in [-0.3, -0.25) is 4.79 Å². The van der Waals surface area contributed by atoms with E-state index in [4.69, 9.17) is 11.6 Å². The van der Waals surface area contributed by atoms with E-state index in [1.54, 1.807) is 12.3 Å². The van der Waals surface area contributed by atoms with Gasteiger partial charge in [-0.1, -0.05) is 25.4 Å². The highest BCUT2D eigenvalue weighted by Gasteiger charge is 2.35. The van der Waals surface area contributed by atoms with Crippen LogP contribution in [0.4, 0.5) is 5.69 Å². The number of anilines is 1. The van der Waals surface area contributed by atoms with Gasteiger partial charge in [0, 0.05) is 28.9 Å². The van der Waals surface area contributed by atoms with Crippen LogP contribution in [-0.4, -0.2) is 17.0 Å². The van der Waals surface area contributed by atoms with Crippen molar-refractivity contribution in [3.05, 3.63) is 40.6 Å². The molecule has 1 saturated carbocycles. The van der Waals surface area contributed by atoms with Crippen LogP contribution in [0, 0.1) is 12.3 Å². The second-order valence-electron chi connectivity index (χ2n) is 6.25. The minimum atomic E-state index is -0.709. The zero-order valence-electron chi connectivity index (χ0n) is 12.0. The summed E-state index contributed by atoms with van der Waals surface area (Å²) in [5.74, 6) is 0.000000000000000444. The van der Waals surface area contributed by atoms with Crippen LogP contribution in [-0.2, 0) is 4.79 Å². The Bertz CT molecular complexity index is 543. The summed E-state index contributed by atoms with van der Waals surface area (Å²) in [6.45, 7) is 5.95. The summed E-state index contributed by atoms with van der Waals surface area (Å²) in [6, 6.07) is 5.59. The SMILES string of the molecule is Cc1cc(Cl)cc(N/C=C2\C(=O)CC(C)(C)CC2O)c1. The molecule has 1 aliphatic carbocycles. The quantitative estimate of drug-likeness (QED) is 0.818. The number of aryl methyl sites for hydroxylation is 1. The topological polar surface area (TPSA) is 49.3 Å². The highest BCUT2D eigenvalue weighted by atomic mass is 35.5. The molecule has 108 valence electrons. The van der Waals surface area contributed by atoms with E-state index in [-0.39, 0.29) is 11.2 Å². The van der Waals surface area contributed by atoms with Crippen LogP contribution < -0.4 is 5.32 Å². The van der Waals surface area contributed by atoms with Gasteiger partial charge in [-0.15, -0.1) is 0 Å². The van der Waals surface area contributed by atoms with Crippen molar-refractivity contribution in [1.82, 2.24) is 0 Å². The fourth-order valence-electron chi connectivity index (χ4n) is 2.59. The Labute approximate surface area is 124 Å². The molecular formula is C16H20ClNO2. The molecule has 0 amide bonds. The van der Waals surface area contributed by atoms with E-state index in [2.05, 4.69) is 5.32 Å². The van der Waals surface area contributed by atoms with Gasteiger partial charge in [-0.25, -0.2) is 0 Å². The zero-order valence-corrected chi connectivity index (χ0v) is 12.8. The number of nitrogens with one attached hydrogen (secondary N) is 1. The monoisotopic (exact) mass is 293 g/mol. The van der Waals surface area contributed by atoms with Gasteiger partial charge >= 0.3 is 0 Å². The lowest BCUT2D eigenvalue weighted by Crippen LogP contribution is -2.34. The van der Waals surface area contributed by atoms with Crippen molar-refractivity contribution in [2.75, 3.05) is 5.32 Å². The second kappa shape index (κ2) is 5.58. The highest BCUT2D eigenvalue weighted by molar-refractivity contribution is 6.30. The van der Waals surface area contributed by atoms with Crippen LogP contribution in [0.15, 0.2) is 30.0 Å². The molecule has 1 aromatic rings. The zero-order chi connectivity index (χ0) is 14.9. The number of benzene rings is 1. The van der Waals surface area contributed by atoms with Gasteiger partial charge in [0.1, 0.15) is 0 Å². The van der Waals surface area contributed by atoms with E-state index in [1.165, 1.54) is 0 Å². The van der Waals surface area contributed by atoms with Crippen LogP contribution in [0.5, 0.6) is 0 Å². The molecule has 1 atom stereocenters. The van der Waals surface area contributed by atoms with Crippen molar-refractivity contribution in [3.63, 3.8) is 0 Å². The molecular weight excluding hydrogens is 274 g/mol. The van der Waals surface area contributed by atoms with Crippen molar-refractivity contribution >= 4 is 23.1 Å². The van der Waals surface area contributed by atoms with Crippen LogP contribution >= 0.6 is 11.6 Å². The minimum Gasteiger partial charge on any atom is -0.388 e. The van der Waals surface area contributed by atoms with E-state index in [0.717, 1.165) is 11.3 Å². The summed E-state index contributed by atoms with van der Waals surface area (Å²) in [5.41, 5.74) is 2.16. The molecule has 1 aliphatic rings. The molecule has 0 aliphatic heterocycles. The van der Waals surface area contributed by atoms with Gasteiger partial charge in [0.05, 0.1) is 6.10 Å². The number of carbonyl (C=O) groups excluding carboxylic acids is 1. The van der Waals surface area contributed by atoms with Crippen molar-refractivity contribution in [2.24, 2.45) is 5.41 Å². The van der Waals surface area contributed by atoms with E-state index in [1.807, 2.05) is 32.9 Å². The number of halogens is 1. The third-order valence-corrected chi connectivity index (χ3v) is 3.72. The largest absolute Gasteiger partial charge is 0.388 e. The molecule has 1 fully saturated rings. The smallest absolute Gasteiger partial charge is 0.163 e. The number of carbonyl (C=O) groups is 1. The van der Waals surface area contributed by atoms with E-state index < -0.39 is 6.10 Å². The summed E-state index contributed by atoms with van der Waals surface area (Å²) in [6.07, 6.45) is 1.96. The third-order valence-electron chi connectivity index (χ3n) is 3.50. The Morgan fingerprint density at radius 2 is 2.10 bits per heavy atom. The van der Waals surface area contributed by atoms with Crippen LogP contribution in [0.3, 0.4) is 0 Å². The number of hydrogen-bond donors (Lipinski definition) is 2. The van der Waals surface area contributed by atoms with E-state index in [0.29, 0.717) is 23.4 Å². The normalized spacial score (nSPS) is 23.9. The van der Waals surface area contributed by atoms with Crippen molar-refractivity contribution < 1.29 is 9.90 Å². The maximum Gasteiger partial charge on any atom is 0.163 e. The van der Waals surface area contributed by atoms with Crippen molar-refractivity contribution in [1.29, 1.82) is 0 Å². The average Bonchev–Trinajstić information content (AvgIpc) is 2.24. The molecule has 0 radical (unpaired) electrons. The number of Topliss-reactive ketones (excluding diaryl/α,β-unsaturated/α-hetero) is 1. The first kappa shape index (κ1) is 15.1. The summed E-state index contributed by atoms with van der Waals surface area (Å²) in [7, 11) is 0. The van der Waals surface area contributed by atoms with Gasteiger partial charge in [0.15, 0.2) is 5.78 Å². The molecule has 4 heteroatoms. The lowest BCUT2D eigenvalue weighted by Gasteiger charge is -2.33. The maximum absolute atomic E-state index is 12.1. The molecule has 0 saturated heterocycles. The third kappa shape index (κ3) is 3.62. The lowest BCUT2D eigenvalue weighted by molar-refractivity contribution is -0.121. The van der Waals surface area contributed by atoms with Gasteiger partial charge in [0.2, 0.25) is 0 Å². The molecule has 3 nitrogen and oxygen atoms in total. The Morgan fingerprint density at radius 3 is 2.70 bits per heavy atom. The van der Waals surface area contributed by atoms with E-state index >= 15 is 0 Å². The number of rotatable bonds is 2. The first-order chi connectivity index (χ1) is 9.27. The summed E-state index contributed by atoms with van der Waals surface area (Å²) in [5, 5.41) is 13.8. The Kier molecular flexibility index (Phi) is 4.21. The average molecular weight is 294 g/mol. The van der Waals surface area contributed by atoms with Crippen molar-refractivity contribution in [3.8, 4) is 0 Å². The first-order valence-electron chi connectivity index (χ1n) is 6.72. The van der Waals surface area contributed by atoms with Gasteiger partial charge in [0.25, 0.3) is 0 Å². The summed E-state index contributed by atoms with van der Waals surface area (Å²) in [4.78, 5) is 12.1. The summed E-state index contributed by atoms with van der Waals surface area (Å²) >= 11 is 5.99. The van der Waals surface area contributed by atoms with Crippen molar-refractivity contribution in [2.45, 2.75) is 39.7 Å². The number of ketones is 1. The first-order valence-corrected chi connectivity index (χ1v) is 7.10. The molecule has 0 bridgehead atoms. The van der Waals surface area contributed by atoms with E-state index in [9.17, 15) is 9.90 Å². The minimum absolute atomic E-state index is 0.000000000000000444. The highest BCUT2D eigenvalue weighted by Crippen LogP contribution is 2.35. The standard InChI is InChI=1S/C16H20ClNO2/c1-10-4-11(17)6-12(5-10)18-9-13-14(19)7-16(2,3)8-15(13)20/h4-6,9,14,18-19H,7-8H2,1-3H3/b13-9-. The predicted molar refractivity (Wildman–Crippen MR) is 81.9 cm³/mol. The number of aliphatic hydroxyl groups is 1. The molecule has 20 heavy (non-hydrogen) atoms. The predicted octanol–water partition coefficient (Wildman–Crippen LogP) is 3.69. The fraction of sp³-hybridized carbons (Fsp3) is 0.438. The molecule has 1 unspecified atom stereocenters. The molecule has 1 aromatic carbocycles. The molecule has 2 rings (SSSR count). The molecule has 0 aromatic heterocycles. The second-order valence-corrected chi connectivity index (χ2v) is 6.68. The molecule has 2 N–H and O–H groups in total. The van der Waals surface area contributed by atoms with Gasteiger partial charge < -0.3 is 10.4 Å². The molecule has 0 spiro atoms. The van der Waals surface area contributed by atoms with Gasteiger partial charge in [-0.2, -0.15) is 0 Å². The number of aliphatic hydroxyl groups excluding tert-OH is 1. The Morgan fingerprint density at radius 1 is 1.40 bits per heavy atom. The fourth-order valence-corrected chi connectivity index (χ4v) is 2.88.